The fourth-order valence-electron chi connectivity index (χ4n) is 2.50. The van der Waals surface area contributed by atoms with Crippen LogP contribution in [0.15, 0.2) is 42.5 Å². The van der Waals surface area contributed by atoms with E-state index in [0.29, 0.717) is 16.3 Å². The van der Waals surface area contributed by atoms with Crippen molar-refractivity contribution >= 4 is 35.1 Å². The summed E-state index contributed by atoms with van der Waals surface area (Å²) in [6, 6.07) is 11.7. The van der Waals surface area contributed by atoms with E-state index in [4.69, 9.17) is 11.6 Å². The number of rotatable bonds is 4. The third kappa shape index (κ3) is 3.64. The Morgan fingerprint density at radius 3 is 2.56 bits per heavy atom. The lowest BCUT2D eigenvalue weighted by molar-refractivity contribution is -0.125. The third-order valence-corrected chi connectivity index (χ3v) is 4.42. The standard InChI is InChI=1S/C18H16ClN3O3/c1-11-14(19)3-2-4-15(11)21-17(24)13-7-5-12(6-8-13)10-22-16(23)9-20-18(22)25/h2-8H,9-10H2,1H3,(H,20,25)(H,21,24). The van der Waals surface area contributed by atoms with E-state index < -0.39 is 6.03 Å². The van der Waals surface area contributed by atoms with Crippen molar-refractivity contribution in [2.75, 3.05) is 11.9 Å². The molecule has 0 saturated carbocycles. The first-order valence-corrected chi connectivity index (χ1v) is 8.07. The number of carbonyl (C=O) groups is 3. The van der Waals surface area contributed by atoms with Gasteiger partial charge in [0.05, 0.1) is 13.1 Å². The minimum atomic E-state index is -0.400. The van der Waals surface area contributed by atoms with Crippen LogP contribution in [-0.2, 0) is 11.3 Å². The Morgan fingerprint density at radius 1 is 1.20 bits per heavy atom. The van der Waals surface area contributed by atoms with Crippen LogP contribution >= 0.6 is 11.6 Å². The van der Waals surface area contributed by atoms with Gasteiger partial charge in [0.25, 0.3) is 5.91 Å². The molecule has 7 heteroatoms. The summed E-state index contributed by atoms with van der Waals surface area (Å²) in [6.07, 6.45) is 0. The topological polar surface area (TPSA) is 78.5 Å². The van der Waals surface area contributed by atoms with Crippen LogP contribution in [0.3, 0.4) is 0 Å². The number of hydrogen-bond acceptors (Lipinski definition) is 3. The van der Waals surface area contributed by atoms with Crippen molar-refractivity contribution in [1.29, 1.82) is 0 Å². The first-order chi connectivity index (χ1) is 12.0. The number of anilines is 1. The van der Waals surface area contributed by atoms with Crippen molar-refractivity contribution in [3.63, 3.8) is 0 Å². The maximum atomic E-state index is 12.4. The quantitative estimate of drug-likeness (QED) is 0.826. The van der Waals surface area contributed by atoms with Crippen molar-refractivity contribution in [2.24, 2.45) is 0 Å². The highest BCUT2D eigenvalue weighted by Gasteiger charge is 2.28. The number of hydrogen-bond donors (Lipinski definition) is 2. The second-order valence-corrected chi connectivity index (χ2v) is 6.11. The zero-order valence-electron chi connectivity index (χ0n) is 13.5. The Bertz CT molecular complexity index is 833. The molecule has 0 aromatic heterocycles. The van der Waals surface area contributed by atoms with Gasteiger partial charge in [-0.3, -0.25) is 14.5 Å². The number of imide groups is 1. The highest BCUT2D eigenvalue weighted by atomic mass is 35.5. The van der Waals surface area contributed by atoms with E-state index in [1.165, 1.54) is 0 Å². The number of benzene rings is 2. The largest absolute Gasteiger partial charge is 0.329 e. The van der Waals surface area contributed by atoms with Crippen molar-refractivity contribution in [2.45, 2.75) is 13.5 Å². The SMILES string of the molecule is Cc1c(Cl)cccc1NC(=O)c1ccc(CN2C(=O)CNC2=O)cc1. The molecular formula is C18H16ClN3O3. The molecule has 1 saturated heterocycles. The van der Waals surface area contributed by atoms with Crippen molar-refractivity contribution in [3.8, 4) is 0 Å². The molecule has 0 atom stereocenters. The summed E-state index contributed by atoms with van der Waals surface area (Å²) in [5, 5.41) is 5.88. The van der Waals surface area contributed by atoms with Crippen molar-refractivity contribution in [3.05, 3.63) is 64.2 Å². The Hall–Kier alpha value is -2.86. The highest BCUT2D eigenvalue weighted by molar-refractivity contribution is 6.31. The lowest BCUT2D eigenvalue weighted by Gasteiger charge is -2.13. The molecule has 0 unspecified atom stereocenters. The summed E-state index contributed by atoms with van der Waals surface area (Å²) in [6.45, 7) is 2.04. The second kappa shape index (κ2) is 6.94. The monoisotopic (exact) mass is 357 g/mol. The van der Waals surface area contributed by atoms with E-state index >= 15 is 0 Å². The highest BCUT2D eigenvalue weighted by Crippen LogP contribution is 2.23. The van der Waals surface area contributed by atoms with Crippen LogP contribution in [0, 0.1) is 6.92 Å². The van der Waals surface area contributed by atoms with Crippen LogP contribution in [0.5, 0.6) is 0 Å². The lowest BCUT2D eigenvalue weighted by Crippen LogP contribution is -2.30. The van der Waals surface area contributed by atoms with Crippen molar-refractivity contribution < 1.29 is 14.4 Å². The van der Waals surface area contributed by atoms with E-state index in [9.17, 15) is 14.4 Å². The van der Waals surface area contributed by atoms with Crippen molar-refractivity contribution in [1.82, 2.24) is 10.2 Å². The van der Waals surface area contributed by atoms with Gasteiger partial charge in [0.15, 0.2) is 0 Å². The van der Waals surface area contributed by atoms with Gasteiger partial charge >= 0.3 is 6.03 Å². The average molecular weight is 358 g/mol. The van der Waals surface area contributed by atoms with Crippen LogP contribution < -0.4 is 10.6 Å². The fourth-order valence-corrected chi connectivity index (χ4v) is 2.67. The van der Waals surface area contributed by atoms with E-state index in [-0.39, 0.29) is 24.9 Å². The maximum Gasteiger partial charge on any atom is 0.324 e. The van der Waals surface area contributed by atoms with Crippen LogP contribution in [0.2, 0.25) is 5.02 Å². The van der Waals surface area contributed by atoms with Gasteiger partial charge in [-0.2, -0.15) is 0 Å². The molecule has 0 spiro atoms. The summed E-state index contributed by atoms with van der Waals surface area (Å²) in [5.41, 5.74) is 2.69. The van der Waals surface area contributed by atoms with Crippen LogP contribution in [0.25, 0.3) is 0 Å². The van der Waals surface area contributed by atoms with E-state index in [2.05, 4.69) is 10.6 Å². The molecule has 6 nitrogen and oxygen atoms in total. The Kier molecular flexibility index (Phi) is 4.72. The second-order valence-electron chi connectivity index (χ2n) is 5.70. The molecule has 2 N–H and O–H groups in total. The normalized spacial score (nSPS) is 13.8. The van der Waals surface area contributed by atoms with Gasteiger partial charge in [0, 0.05) is 16.3 Å². The first kappa shape index (κ1) is 17.0. The Morgan fingerprint density at radius 2 is 1.92 bits per heavy atom. The smallest absolute Gasteiger partial charge is 0.324 e. The molecule has 4 amide bonds. The number of amides is 4. The molecule has 0 radical (unpaired) electrons. The molecule has 1 fully saturated rings. The van der Waals surface area contributed by atoms with Gasteiger partial charge in [-0.1, -0.05) is 29.8 Å². The molecule has 1 aliphatic rings. The molecule has 0 aliphatic carbocycles. The minimum absolute atomic E-state index is 0.0261. The Balaban J connectivity index is 1.69. The van der Waals surface area contributed by atoms with E-state index in [1.807, 2.05) is 6.92 Å². The van der Waals surface area contributed by atoms with E-state index in [1.54, 1.807) is 42.5 Å². The number of halogens is 1. The molecule has 2 aromatic rings. The Labute approximate surface area is 149 Å². The van der Waals surface area contributed by atoms with Gasteiger partial charge in [0.2, 0.25) is 5.91 Å². The molecule has 2 aromatic carbocycles. The molecule has 1 aliphatic heterocycles. The predicted molar refractivity (Wildman–Crippen MR) is 94.5 cm³/mol. The summed E-state index contributed by atoms with van der Waals surface area (Å²) in [5.74, 6) is -0.518. The summed E-state index contributed by atoms with van der Waals surface area (Å²) >= 11 is 6.05. The van der Waals surface area contributed by atoms with Crippen LogP contribution in [0.4, 0.5) is 10.5 Å². The fraction of sp³-hybridized carbons (Fsp3) is 0.167. The zero-order chi connectivity index (χ0) is 18.0. The van der Waals surface area contributed by atoms with Gasteiger partial charge in [-0.05, 0) is 42.3 Å². The maximum absolute atomic E-state index is 12.4. The number of nitrogens with one attached hydrogen (secondary N) is 2. The zero-order valence-corrected chi connectivity index (χ0v) is 14.3. The minimum Gasteiger partial charge on any atom is -0.329 e. The molecule has 1 heterocycles. The average Bonchev–Trinajstić information content (AvgIpc) is 2.91. The van der Waals surface area contributed by atoms with Crippen LogP contribution in [0.1, 0.15) is 21.5 Å². The third-order valence-electron chi connectivity index (χ3n) is 4.01. The molecule has 0 bridgehead atoms. The molecule has 128 valence electrons. The molecular weight excluding hydrogens is 342 g/mol. The lowest BCUT2D eigenvalue weighted by atomic mass is 10.1. The summed E-state index contributed by atoms with van der Waals surface area (Å²) in [7, 11) is 0. The number of nitrogens with zero attached hydrogens (tertiary/aromatic N) is 1. The van der Waals surface area contributed by atoms with Gasteiger partial charge in [-0.25, -0.2) is 4.79 Å². The van der Waals surface area contributed by atoms with Crippen LogP contribution in [-0.4, -0.2) is 29.3 Å². The summed E-state index contributed by atoms with van der Waals surface area (Å²) < 4.78 is 0. The summed E-state index contributed by atoms with van der Waals surface area (Å²) in [4.78, 5) is 36.6. The number of urea groups is 1. The first-order valence-electron chi connectivity index (χ1n) is 7.69. The van der Waals surface area contributed by atoms with Gasteiger partial charge < -0.3 is 10.6 Å². The molecule has 3 rings (SSSR count). The predicted octanol–water partition coefficient (Wildman–Crippen LogP) is 2.95. The van der Waals surface area contributed by atoms with Gasteiger partial charge in [0.1, 0.15) is 0 Å². The van der Waals surface area contributed by atoms with Gasteiger partial charge in [-0.15, -0.1) is 0 Å². The number of carbonyl (C=O) groups excluding carboxylic acids is 3. The van der Waals surface area contributed by atoms with E-state index in [0.717, 1.165) is 16.0 Å². The molecule has 25 heavy (non-hydrogen) atoms.